The van der Waals surface area contributed by atoms with Gasteiger partial charge < -0.3 is 14.4 Å². The molecule has 3 aromatic rings. The summed E-state index contributed by atoms with van der Waals surface area (Å²) in [5, 5.41) is 9.97. The van der Waals surface area contributed by atoms with Crippen LogP contribution in [0.3, 0.4) is 0 Å². The van der Waals surface area contributed by atoms with Crippen LogP contribution in [-0.2, 0) is 12.7 Å². The van der Waals surface area contributed by atoms with E-state index in [1.807, 2.05) is 0 Å². The molecule has 0 amide bonds. The number of hydrogen-bond acceptors (Lipinski definition) is 3. The lowest BCUT2D eigenvalue weighted by molar-refractivity contribution is -0.872. The Morgan fingerprint density at radius 1 is 1.07 bits per heavy atom. The molecule has 0 unspecified atom stereocenters. The molecule has 142 valence electrons. The van der Waals surface area contributed by atoms with Crippen LogP contribution >= 0.6 is 0 Å². The zero-order valence-corrected chi connectivity index (χ0v) is 14.4. The van der Waals surface area contributed by atoms with Crippen molar-refractivity contribution in [1.29, 1.82) is 0 Å². The minimum absolute atomic E-state index is 0.0867. The van der Waals surface area contributed by atoms with Crippen molar-refractivity contribution in [2.75, 3.05) is 14.1 Å². The molecule has 0 aliphatic heterocycles. The molecule has 0 aliphatic carbocycles. The number of nitrogens with one attached hydrogen (secondary N) is 1. The molecule has 3 rings (SSSR count). The van der Waals surface area contributed by atoms with Gasteiger partial charge in [0.15, 0.2) is 5.58 Å². The Hall–Kier alpha value is -2.87. The number of rotatable bonds is 3. The van der Waals surface area contributed by atoms with Crippen molar-refractivity contribution in [2.45, 2.75) is 12.7 Å². The van der Waals surface area contributed by atoms with Crippen LogP contribution in [0.2, 0.25) is 0 Å². The highest BCUT2D eigenvalue weighted by Crippen LogP contribution is 2.38. The van der Waals surface area contributed by atoms with E-state index < -0.39 is 28.7 Å². The fraction of sp³-hybridized carbons (Fsp3) is 0.211. The number of aromatic hydroxyl groups is 1. The van der Waals surface area contributed by atoms with E-state index in [1.54, 1.807) is 14.1 Å². The van der Waals surface area contributed by atoms with Gasteiger partial charge in [-0.05, 0) is 29.8 Å². The van der Waals surface area contributed by atoms with E-state index in [-0.39, 0.29) is 34.4 Å². The molecular weight excluding hydrogens is 366 g/mol. The number of halogens is 4. The molecule has 0 spiro atoms. The number of hydrogen-bond donors (Lipinski definition) is 2. The lowest BCUT2D eigenvalue weighted by atomic mass is 10.00. The van der Waals surface area contributed by atoms with Gasteiger partial charge >= 0.3 is 6.18 Å². The Morgan fingerprint density at radius 2 is 1.70 bits per heavy atom. The molecule has 0 atom stereocenters. The summed E-state index contributed by atoms with van der Waals surface area (Å²) in [4.78, 5) is 13.7. The smallest absolute Gasteiger partial charge is 0.450 e. The summed E-state index contributed by atoms with van der Waals surface area (Å²) in [5.74, 6) is -2.37. The van der Waals surface area contributed by atoms with Crippen molar-refractivity contribution < 1.29 is 32.0 Å². The molecule has 2 N–H and O–H groups in total. The third-order valence-corrected chi connectivity index (χ3v) is 4.06. The molecule has 0 saturated heterocycles. The topological polar surface area (TPSA) is 54.9 Å². The zero-order valence-electron chi connectivity index (χ0n) is 14.4. The monoisotopic (exact) mass is 382 g/mol. The molecule has 0 fully saturated rings. The Morgan fingerprint density at radius 3 is 2.26 bits per heavy atom. The van der Waals surface area contributed by atoms with Crippen molar-refractivity contribution >= 4 is 11.0 Å². The summed E-state index contributed by atoms with van der Waals surface area (Å²) in [7, 11) is 3.49. The predicted octanol–water partition coefficient (Wildman–Crippen LogP) is 2.97. The summed E-state index contributed by atoms with van der Waals surface area (Å²) in [5.41, 5.74) is -1.89. The van der Waals surface area contributed by atoms with Crippen molar-refractivity contribution in [3.63, 3.8) is 0 Å². The standard InChI is InChI=1S/C19H15F4NO3/c1-24(2)9-13-14(25)8-7-12-16(26)15(10-3-5-11(20)6-4-10)18(19(21,22)23)27-17(12)13/h3-8,25H,9H2,1-2H3/p+1. The molecule has 0 radical (unpaired) electrons. The van der Waals surface area contributed by atoms with Gasteiger partial charge in [0.2, 0.25) is 11.2 Å². The molecule has 27 heavy (non-hydrogen) atoms. The van der Waals surface area contributed by atoms with E-state index >= 15 is 0 Å². The summed E-state index contributed by atoms with van der Waals surface area (Å²) >= 11 is 0. The quantitative estimate of drug-likeness (QED) is 0.685. The third-order valence-electron chi connectivity index (χ3n) is 4.06. The predicted molar refractivity (Wildman–Crippen MR) is 91.1 cm³/mol. The molecule has 8 heteroatoms. The van der Waals surface area contributed by atoms with Gasteiger partial charge in [-0.25, -0.2) is 4.39 Å². The number of phenols is 1. The van der Waals surface area contributed by atoms with Gasteiger partial charge in [0.25, 0.3) is 0 Å². The van der Waals surface area contributed by atoms with E-state index in [0.29, 0.717) is 0 Å². The molecule has 1 heterocycles. The second kappa shape index (κ2) is 6.70. The Kier molecular flexibility index (Phi) is 4.69. The second-order valence-electron chi connectivity index (χ2n) is 6.46. The number of quaternary nitrogens is 1. The highest BCUT2D eigenvalue weighted by Gasteiger charge is 2.40. The van der Waals surface area contributed by atoms with Gasteiger partial charge in [-0.15, -0.1) is 0 Å². The SMILES string of the molecule is C[NH+](C)Cc1c(O)ccc2c(=O)c(-c3ccc(F)cc3)c(C(F)(F)F)oc12. The molecule has 4 nitrogen and oxygen atoms in total. The molecule has 0 bridgehead atoms. The Labute approximate surface area is 151 Å². The Balaban J connectivity index is 2.43. The largest absolute Gasteiger partial charge is 0.507 e. The van der Waals surface area contributed by atoms with Gasteiger partial charge in [-0.3, -0.25) is 4.79 Å². The maximum absolute atomic E-state index is 13.6. The van der Waals surface area contributed by atoms with Crippen molar-refractivity contribution in [1.82, 2.24) is 0 Å². The van der Waals surface area contributed by atoms with Crippen molar-refractivity contribution in [2.24, 2.45) is 0 Å². The maximum Gasteiger partial charge on any atom is 0.450 e. The fourth-order valence-corrected chi connectivity index (χ4v) is 2.91. The first-order chi connectivity index (χ1) is 12.6. The molecule has 1 aromatic heterocycles. The number of alkyl halides is 3. The fourth-order valence-electron chi connectivity index (χ4n) is 2.91. The summed E-state index contributed by atoms with van der Waals surface area (Å²) in [6, 6.07) is 6.59. The van der Waals surface area contributed by atoms with Crippen molar-refractivity contribution in [3.05, 3.63) is 63.8 Å². The number of phenolic OH excluding ortho intramolecular Hbond substituents is 1. The molecule has 2 aromatic carbocycles. The number of fused-ring (bicyclic) bond motifs is 1. The van der Waals surface area contributed by atoms with E-state index in [0.717, 1.165) is 29.2 Å². The van der Waals surface area contributed by atoms with E-state index in [4.69, 9.17) is 4.42 Å². The minimum atomic E-state index is -4.95. The summed E-state index contributed by atoms with van der Waals surface area (Å²) in [6.07, 6.45) is -4.95. The first-order valence-electron chi connectivity index (χ1n) is 8.03. The highest BCUT2D eigenvalue weighted by molar-refractivity contribution is 5.86. The van der Waals surface area contributed by atoms with Crippen LogP contribution in [0, 0.1) is 5.82 Å². The average Bonchev–Trinajstić information content (AvgIpc) is 2.57. The second-order valence-corrected chi connectivity index (χ2v) is 6.46. The van der Waals surface area contributed by atoms with Crippen LogP contribution in [0.4, 0.5) is 17.6 Å². The van der Waals surface area contributed by atoms with E-state index in [2.05, 4.69) is 0 Å². The molecular formula is C19H16F4NO3+. The van der Waals surface area contributed by atoms with Gasteiger partial charge in [-0.2, -0.15) is 13.2 Å². The van der Waals surface area contributed by atoms with Crippen molar-refractivity contribution in [3.8, 4) is 16.9 Å². The normalized spacial score (nSPS) is 12.1. The van der Waals surface area contributed by atoms with Gasteiger partial charge in [0.1, 0.15) is 18.1 Å². The first-order valence-corrected chi connectivity index (χ1v) is 8.03. The van der Waals surface area contributed by atoms with E-state index in [1.165, 1.54) is 12.1 Å². The summed E-state index contributed by atoms with van der Waals surface area (Å²) in [6.45, 7) is 0.152. The zero-order chi connectivity index (χ0) is 19.9. The van der Waals surface area contributed by atoms with Crippen LogP contribution in [0.25, 0.3) is 22.1 Å². The van der Waals surface area contributed by atoms with Crippen LogP contribution < -0.4 is 10.3 Å². The van der Waals surface area contributed by atoms with Gasteiger partial charge in [0.05, 0.1) is 30.6 Å². The first kappa shape index (κ1) is 18.9. The molecule has 0 saturated carbocycles. The minimum Gasteiger partial charge on any atom is -0.507 e. The van der Waals surface area contributed by atoms with Crippen LogP contribution in [-0.4, -0.2) is 19.2 Å². The van der Waals surface area contributed by atoms with Crippen LogP contribution in [0.5, 0.6) is 5.75 Å². The maximum atomic E-state index is 13.6. The number of benzene rings is 2. The van der Waals surface area contributed by atoms with Crippen LogP contribution in [0.15, 0.2) is 45.6 Å². The van der Waals surface area contributed by atoms with Crippen LogP contribution in [0.1, 0.15) is 11.3 Å². The lowest BCUT2D eigenvalue weighted by Crippen LogP contribution is -3.04. The van der Waals surface area contributed by atoms with Gasteiger partial charge in [-0.1, -0.05) is 12.1 Å². The molecule has 0 aliphatic rings. The lowest BCUT2D eigenvalue weighted by Gasteiger charge is -2.16. The highest BCUT2D eigenvalue weighted by atomic mass is 19.4. The third kappa shape index (κ3) is 3.52. The average molecular weight is 382 g/mol. The Bertz CT molecular complexity index is 1050. The summed E-state index contributed by atoms with van der Waals surface area (Å²) < 4.78 is 59.2. The van der Waals surface area contributed by atoms with E-state index in [9.17, 15) is 27.5 Å². The van der Waals surface area contributed by atoms with Gasteiger partial charge in [0, 0.05) is 0 Å².